The second-order valence-corrected chi connectivity index (χ2v) is 9.77. The SMILES string of the molecule is CC(C)(C)NC(=O)C(c1cccnc1)N(C(=O)C1CSC(=O)C1)C1CCCC1. The molecule has 0 aromatic carbocycles. The number of carbonyl (C=O) groups is 3. The van der Waals surface area contributed by atoms with Crippen LogP contribution in [0.3, 0.4) is 0 Å². The lowest BCUT2D eigenvalue weighted by atomic mass is 9.97. The van der Waals surface area contributed by atoms with Crippen LogP contribution in [0.15, 0.2) is 24.5 Å². The van der Waals surface area contributed by atoms with Gasteiger partial charge in [0.15, 0.2) is 5.12 Å². The molecule has 3 rings (SSSR count). The van der Waals surface area contributed by atoms with Gasteiger partial charge in [0.2, 0.25) is 11.8 Å². The number of thioether (sulfide) groups is 1. The van der Waals surface area contributed by atoms with Crippen molar-refractivity contribution in [1.82, 2.24) is 15.2 Å². The maximum absolute atomic E-state index is 13.5. The fourth-order valence-corrected chi connectivity index (χ4v) is 4.96. The molecule has 0 bridgehead atoms. The first kappa shape index (κ1) is 20.8. The highest BCUT2D eigenvalue weighted by Gasteiger charge is 2.42. The topological polar surface area (TPSA) is 79.4 Å². The van der Waals surface area contributed by atoms with Gasteiger partial charge in [0.05, 0.1) is 5.92 Å². The van der Waals surface area contributed by atoms with Crippen LogP contribution in [0, 0.1) is 5.92 Å². The smallest absolute Gasteiger partial charge is 0.247 e. The van der Waals surface area contributed by atoms with E-state index in [2.05, 4.69) is 10.3 Å². The van der Waals surface area contributed by atoms with Gasteiger partial charge in [-0.25, -0.2) is 0 Å². The number of amides is 2. The van der Waals surface area contributed by atoms with E-state index < -0.39 is 11.6 Å². The molecule has 0 spiro atoms. The zero-order chi connectivity index (χ0) is 20.3. The molecule has 1 aliphatic heterocycles. The summed E-state index contributed by atoms with van der Waals surface area (Å²) in [7, 11) is 0. The average Bonchev–Trinajstić information content (AvgIpc) is 3.30. The number of hydrogen-bond acceptors (Lipinski definition) is 5. The number of pyridine rings is 1. The zero-order valence-corrected chi connectivity index (χ0v) is 17.6. The molecule has 1 aromatic rings. The maximum Gasteiger partial charge on any atom is 0.247 e. The molecule has 1 aliphatic carbocycles. The zero-order valence-electron chi connectivity index (χ0n) is 16.8. The fraction of sp³-hybridized carbons (Fsp3) is 0.619. The summed E-state index contributed by atoms with van der Waals surface area (Å²) in [5, 5.41) is 3.10. The van der Waals surface area contributed by atoms with E-state index >= 15 is 0 Å². The van der Waals surface area contributed by atoms with Crippen molar-refractivity contribution in [3.63, 3.8) is 0 Å². The molecule has 28 heavy (non-hydrogen) atoms. The quantitative estimate of drug-likeness (QED) is 0.817. The van der Waals surface area contributed by atoms with Crippen molar-refractivity contribution in [3.8, 4) is 0 Å². The monoisotopic (exact) mass is 403 g/mol. The van der Waals surface area contributed by atoms with E-state index in [9.17, 15) is 14.4 Å². The van der Waals surface area contributed by atoms with E-state index in [1.54, 1.807) is 23.4 Å². The third kappa shape index (κ3) is 4.93. The van der Waals surface area contributed by atoms with Crippen LogP contribution < -0.4 is 5.32 Å². The standard InChI is InChI=1S/C21H29N3O3S/c1-21(2,3)23-19(26)18(14-7-6-10-22-12-14)24(16-8-4-5-9-16)20(27)15-11-17(25)28-13-15/h6-7,10,12,15-16,18H,4-5,8-9,11,13H2,1-3H3,(H,23,26). The molecule has 1 N–H and O–H groups in total. The van der Waals surface area contributed by atoms with Gasteiger partial charge < -0.3 is 10.2 Å². The van der Waals surface area contributed by atoms with Crippen LogP contribution in [-0.4, -0.2) is 44.1 Å². The summed E-state index contributed by atoms with van der Waals surface area (Å²) < 4.78 is 0. The molecule has 2 heterocycles. The third-order valence-corrected chi connectivity index (χ3v) is 6.26. The van der Waals surface area contributed by atoms with Crippen molar-refractivity contribution in [1.29, 1.82) is 0 Å². The molecule has 2 atom stereocenters. The molecule has 6 nitrogen and oxygen atoms in total. The predicted octanol–water partition coefficient (Wildman–Crippen LogP) is 3.09. The van der Waals surface area contributed by atoms with Crippen LogP contribution in [0.4, 0.5) is 0 Å². The Labute approximate surface area is 170 Å². The minimum Gasteiger partial charge on any atom is -0.349 e. The second-order valence-electron chi connectivity index (χ2n) is 8.70. The Balaban J connectivity index is 1.99. The summed E-state index contributed by atoms with van der Waals surface area (Å²) in [5.74, 6) is -0.123. The number of carbonyl (C=O) groups excluding carboxylic acids is 3. The lowest BCUT2D eigenvalue weighted by Gasteiger charge is -2.38. The second kappa shape index (κ2) is 8.64. The van der Waals surface area contributed by atoms with Gasteiger partial charge in [-0.05, 0) is 39.7 Å². The summed E-state index contributed by atoms with van der Waals surface area (Å²) >= 11 is 1.22. The number of nitrogens with zero attached hydrogens (tertiary/aromatic N) is 2. The van der Waals surface area contributed by atoms with Crippen LogP contribution in [-0.2, 0) is 14.4 Å². The molecule has 2 aliphatic rings. The molecule has 2 unspecified atom stereocenters. The highest BCUT2D eigenvalue weighted by atomic mass is 32.2. The third-order valence-electron chi connectivity index (χ3n) is 5.21. The van der Waals surface area contributed by atoms with Gasteiger partial charge in [-0.15, -0.1) is 0 Å². The summed E-state index contributed by atoms with van der Waals surface area (Å²) in [4.78, 5) is 44.6. The molecule has 7 heteroatoms. The summed E-state index contributed by atoms with van der Waals surface area (Å²) in [6, 6.07) is 2.93. The first-order chi connectivity index (χ1) is 13.3. The summed E-state index contributed by atoms with van der Waals surface area (Å²) in [6.07, 6.45) is 7.46. The fourth-order valence-electron chi connectivity index (χ4n) is 4.00. The molecular weight excluding hydrogens is 374 g/mol. The van der Waals surface area contributed by atoms with Crippen molar-refractivity contribution < 1.29 is 14.4 Å². The molecule has 1 saturated heterocycles. The minimum absolute atomic E-state index is 0.0177. The van der Waals surface area contributed by atoms with Crippen LogP contribution >= 0.6 is 11.8 Å². The van der Waals surface area contributed by atoms with Crippen molar-refractivity contribution in [2.24, 2.45) is 5.92 Å². The average molecular weight is 404 g/mol. The normalized spacial score (nSPS) is 21.5. The van der Waals surface area contributed by atoms with E-state index in [1.165, 1.54) is 11.8 Å². The van der Waals surface area contributed by atoms with Crippen molar-refractivity contribution in [2.75, 3.05) is 5.75 Å². The Hall–Kier alpha value is -1.89. The summed E-state index contributed by atoms with van der Waals surface area (Å²) in [6.45, 7) is 5.79. The minimum atomic E-state index is -0.732. The van der Waals surface area contributed by atoms with Crippen LogP contribution in [0.1, 0.15) is 64.5 Å². The molecule has 1 aromatic heterocycles. The molecular formula is C21H29N3O3S. The highest BCUT2D eigenvalue weighted by molar-refractivity contribution is 8.14. The predicted molar refractivity (Wildman–Crippen MR) is 110 cm³/mol. The largest absolute Gasteiger partial charge is 0.349 e. The van der Waals surface area contributed by atoms with Gasteiger partial charge in [-0.1, -0.05) is 30.7 Å². The van der Waals surface area contributed by atoms with E-state index in [0.29, 0.717) is 11.3 Å². The lowest BCUT2D eigenvalue weighted by Crippen LogP contribution is -2.53. The molecule has 1 saturated carbocycles. The Kier molecular flexibility index (Phi) is 6.43. The maximum atomic E-state index is 13.5. The summed E-state index contributed by atoms with van der Waals surface area (Å²) in [5.41, 5.74) is 0.294. The molecule has 2 fully saturated rings. The van der Waals surface area contributed by atoms with Crippen molar-refractivity contribution in [2.45, 2.75) is 70.5 Å². The number of nitrogens with one attached hydrogen (secondary N) is 1. The van der Waals surface area contributed by atoms with Crippen LogP contribution in [0.2, 0.25) is 0 Å². The van der Waals surface area contributed by atoms with Gasteiger partial charge in [0, 0.05) is 41.7 Å². The van der Waals surface area contributed by atoms with Gasteiger partial charge in [-0.3, -0.25) is 19.4 Å². The van der Waals surface area contributed by atoms with Crippen molar-refractivity contribution >= 4 is 28.7 Å². The molecule has 2 amide bonds. The number of hydrogen-bond donors (Lipinski definition) is 1. The highest BCUT2D eigenvalue weighted by Crippen LogP contribution is 2.36. The van der Waals surface area contributed by atoms with E-state index in [4.69, 9.17) is 0 Å². The van der Waals surface area contributed by atoms with Gasteiger partial charge in [0.25, 0.3) is 0 Å². The van der Waals surface area contributed by atoms with Gasteiger partial charge in [-0.2, -0.15) is 0 Å². The van der Waals surface area contributed by atoms with Gasteiger partial charge >= 0.3 is 0 Å². The van der Waals surface area contributed by atoms with E-state index in [1.807, 2.05) is 26.8 Å². The van der Waals surface area contributed by atoms with Crippen molar-refractivity contribution in [3.05, 3.63) is 30.1 Å². The Morgan fingerprint density at radius 2 is 2.00 bits per heavy atom. The molecule has 0 radical (unpaired) electrons. The number of aromatic nitrogens is 1. The lowest BCUT2D eigenvalue weighted by molar-refractivity contribution is -0.147. The number of rotatable bonds is 5. The first-order valence-electron chi connectivity index (χ1n) is 9.96. The molecule has 152 valence electrons. The Morgan fingerprint density at radius 1 is 1.29 bits per heavy atom. The van der Waals surface area contributed by atoms with Crippen LogP contribution in [0.25, 0.3) is 0 Å². The Morgan fingerprint density at radius 3 is 2.54 bits per heavy atom. The van der Waals surface area contributed by atoms with E-state index in [0.717, 1.165) is 25.7 Å². The Bertz CT molecular complexity index is 726. The van der Waals surface area contributed by atoms with Crippen LogP contribution in [0.5, 0.6) is 0 Å². The van der Waals surface area contributed by atoms with Gasteiger partial charge in [0.1, 0.15) is 6.04 Å². The first-order valence-corrected chi connectivity index (χ1v) is 10.9. The van der Waals surface area contributed by atoms with E-state index in [-0.39, 0.29) is 35.3 Å².